The Morgan fingerprint density at radius 2 is 1.97 bits per heavy atom. The molecule has 1 atom stereocenters. The molecule has 2 aromatic rings. The van der Waals surface area contributed by atoms with Crippen molar-refractivity contribution in [3.05, 3.63) is 64.2 Å². The highest BCUT2D eigenvalue weighted by molar-refractivity contribution is 5.76. The van der Waals surface area contributed by atoms with Crippen LogP contribution in [0.3, 0.4) is 0 Å². The molecule has 0 bridgehead atoms. The molecule has 2 aromatic carbocycles. The lowest BCUT2D eigenvalue weighted by atomic mass is 9.97. The van der Waals surface area contributed by atoms with E-state index in [0.29, 0.717) is 6.61 Å². The zero-order valence-corrected chi connectivity index (χ0v) is 18.2. The van der Waals surface area contributed by atoms with Crippen LogP contribution in [-0.4, -0.2) is 41.9 Å². The standard InChI is InChI=1S/C25H33N3O2/c1-18-5-6-19(2)22(12-18)16-28-10-11-30-24-8-7-20(13-23(24)17-28)14-27-9-3-4-21(15-27)25(26)29/h5-8,12-13,21H,3-4,9-11,14-17H2,1-2H3,(H2,26,29)/t21-/m1/s1. The van der Waals surface area contributed by atoms with E-state index in [4.69, 9.17) is 10.5 Å². The fourth-order valence-corrected chi connectivity index (χ4v) is 4.64. The van der Waals surface area contributed by atoms with Crippen LogP contribution in [0.2, 0.25) is 0 Å². The van der Waals surface area contributed by atoms with Crippen LogP contribution < -0.4 is 10.5 Å². The lowest BCUT2D eigenvalue weighted by molar-refractivity contribution is -0.123. The predicted octanol–water partition coefficient (Wildman–Crippen LogP) is 3.40. The van der Waals surface area contributed by atoms with E-state index in [0.717, 1.165) is 57.9 Å². The Morgan fingerprint density at radius 3 is 2.80 bits per heavy atom. The minimum atomic E-state index is -0.169. The molecule has 0 spiro atoms. The maximum Gasteiger partial charge on any atom is 0.221 e. The average Bonchev–Trinajstić information content (AvgIpc) is 2.92. The second kappa shape index (κ2) is 9.19. The van der Waals surface area contributed by atoms with Gasteiger partial charge in [0, 0.05) is 38.3 Å². The van der Waals surface area contributed by atoms with Gasteiger partial charge >= 0.3 is 0 Å². The maximum absolute atomic E-state index is 11.6. The summed E-state index contributed by atoms with van der Waals surface area (Å²) in [6.07, 6.45) is 1.95. The third kappa shape index (κ3) is 5.02. The summed E-state index contributed by atoms with van der Waals surface area (Å²) in [6.45, 7) is 10.4. The number of benzene rings is 2. The number of nitrogens with zero attached hydrogens (tertiary/aromatic N) is 2. The van der Waals surface area contributed by atoms with E-state index in [9.17, 15) is 4.79 Å². The van der Waals surface area contributed by atoms with Crippen LogP contribution in [0.4, 0.5) is 0 Å². The van der Waals surface area contributed by atoms with Gasteiger partial charge in [0.1, 0.15) is 12.4 Å². The Kier molecular flexibility index (Phi) is 6.40. The van der Waals surface area contributed by atoms with Crippen LogP contribution in [0, 0.1) is 19.8 Å². The lowest BCUT2D eigenvalue weighted by Gasteiger charge is -2.31. The number of amides is 1. The van der Waals surface area contributed by atoms with Gasteiger partial charge in [-0.05, 0) is 62.1 Å². The number of aryl methyl sites for hydroxylation is 2. The van der Waals surface area contributed by atoms with Crippen LogP contribution in [0.25, 0.3) is 0 Å². The molecule has 2 aliphatic heterocycles. The molecule has 30 heavy (non-hydrogen) atoms. The Balaban J connectivity index is 1.46. The van der Waals surface area contributed by atoms with Gasteiger partial charge in [0.15, 0.2) is 0 Å². The number of likely N-dealkylation sites (tertiary alicyclic amines) is 1. The summed E-state index contributed by atoms with van der Waals surface area (Å²) in [4.78, 5) is 16.4. The van der Waals surface area contributed by atoms with Crippen LogP contribution >= 0.6 is 0 Å². The average molecular weight is 408 g/mol. The minimum Gasteiger partial charge on any atom is -0.492 e. The number of nitrogens with two attached hydrogens (primary N) is 1. The van der Waals surface area contributed by atoms with Crippen molar-refractivity contribution < 1.29 is 9.53 Å². The number of piperidine rings is 1. The Hall–Kier alpha value is -2.37. The lowest BCUT2D eigenvalue weighted by Crippen LogP contribution is -2.40. The fourth-order valence-electron chi connectivity index (χ4n) is 4.64. The number of carbonyl (C=O) groups is 1. The molecular formula is C25H33N3O2. The van der Waals surface area contributed by atoms with E-state index in [1.54, 1.807) is 0 Å². The Bertz CT molecular complexity index is 911. The zero-order chi connectivity index (χ0) is 21.1. The van der Waals surface area contributed by atoms with Crippen LogP contribution in [-0.2, 0) is 24.4 Å². The summed E-state index contributed by atoms with van der Waals surface area (Å²) in [6, 6.07) is 13.2. The molecule has 0 aromatic heterocycles. The maximum atomic E-state index is 11.6. The first kappa shape index (κ1) is 20.9. The number of rotatable bonds is 5. The van der Waals surface area contributed by atoms with Gasteiger partial charge in [-0.25, -0.2) is 0 Å². The van der Waals surface area contributed by atoms with E-state index in [2.05, 4.69) is 60.0 Å². The molecule has 1 amide bonds. The van der Waals surface area contributed by atoms with Crippen LogP contribution in [0.1, 0.15) is 40.7 Å². The molecule has 5 heteroatoms. The van der Waals surface area contributed by atoms with Crippen molar-refractivity contribution in [3.63, 3.8) is 0 Å². The van der Waals surface area contributed by atoms with Gasteiger partial charge in [-0.1, -0.05) is 29.8 Å². The third-order valence-electron chi connectivity index (χ3n) is 6.40. The molecule has 2 heterocycles. The number of hydrogen-bond donors (Lipinski definition) is 1. The SMILES string of the molecule is Cc1ccc(C)c(CN2CCOc3ccc(CN4CCC[C@@H](C(N)=O)C4)cc3C2)c1. The van der Waals surface area contributed by atoms with Crippen LogP contribution in [0.5, 0.6) is 5.75 Å². The molecule has 0 aliphatic carbocycles. The predicted molar refractivity (Wildman–Crippen MR) is 119 cm³/mol. The second-order valence-corrected chi connectivity index (χ2v) is 8.91. The topological polar surface area (TPSA) is 58.8 Å². The molecule has 5 nitrogen and oxygen atoms in total. The van der Waals surface area contributed by atoms with Gasteiger partial charge in [-0.3, -0.25) is 14.6 Å². The molecule has 2 N–H and O–H groups in total. The summed E-state index contributed by atoms with van der Waals surface area (Å²) < 4.78 is 6.05. The third-order valence-corrected chi connectivity index (χ3v) is 6.40. The molecule has 0 saturated carbocycles. The summed E-state index contributed by atoms with van der Waals surface area (Å²) in [5, 5.41) is 0. The Morgan fingerprint density at radius 1 is 1.10 bits per heavy atom. The molecule has 2 aliphatic rings. The van der Waals surface area contributed by atoms with Crippen molar-refractivity contribution in [1.82, 2.24) is 9.80 Å². The van der Waals surface area contributed by atoms with Gasteiger partial charge in [-0.2, -0.15) is 0 Å². The van der Waals surface area contributed by atoms with Gasteiger partial charge in [0.25, 0.3) is 0 Å². The van der Waals surface area contributed by atoms with Crippen molar-refractivity contribution in [2.45, 2.75) is 46.3 Å². The van der Waals surface area contributed by atoms with E-state index in [-0.39, 0.29) is 11.8 Å². The molecule has 0 radical (unpaired) electrons. The second-order valence-electron chi connectivity index (χ2n) is 8.91. The highest BCUT2D eigenvalue weighted by atomic mass is 16.5. The highest BCUT2D eigenvalue weighted by Crippen LogP contribution is 2.27. The van der Waals surface area contributed by atoms with E-state index in [1.807, 2.05) is 0 Å². The molecule has 160 valence electrons. The van der Waals surface area contributed by atoms with Crippen molar-refractivity contribution in [3.8, 4) is 5.75 Å². The smallest absolute Gasteiger partial charge is 0.221 e. The van der Waals surface area contributed by atoms with Crippen molar-refractivity contribution in [2.24, 2.45) is 11.7 Å². The number of carbonyl (C=O) groups excluding carboxylic acids is 1. The largest absolute Gasteiger partial charge is 0.492 e. The fraction of sp³-hybridized carbons (Fsp3) is 0.480. The monoisotopic (exact) mass is 407 g/mol. The summed E-state index contributed by atoms with van der Waals surface area (Å²) >= 11 is 0. The first-order valence-electron chi connectivity index (χ1n) is 11.0. The highest BCUT2D eigenvalue weighted by Gasteiger charge is 2.24. The summed E-state index contributed by atoms with van der Waals surface area (Å²) in [5.41, 5.74) is 12.1. The zero-order valence-electron chi connectivity index (χ0n) is 18.2. The quantitative estimate of drug-likeness (QED) is 0.825. The molecule has 1 fully saturated rings. The van der Waals surface area contributed by atoms with Crippen molar-refractivity contribution >= 4 is 5.91 Å². The van der Waals surface area contributed by atoms with Gasteiger partial charge in [-0.15, -0.1) is 0 Å². The molecular weight excluding hydrogens is 374 g/mol. The van der Waals surface area contributed by atoms with E-state index < -0.39 is 0 Å². The minimum absolute atomic E-state index is 0.0176. The number of fused-ring (bicyclic) bond motifs is 1. The first-order valence-corrected chi connectivity index (χ1v) is 11.0. The number of hydrogen-bond acceptors (Lipinski definition) is 4. The van der Waals surface area contributed by atoms with E-state index in [1.165, 1.54) is 27.8 Å². The summed E-state index contributed by atoms with van der Waals surface area (Å²) in [5.74, 6) is 0.809. The van der Waals surface area contributed by atoms with Crippen molar-refractivity contribution in [1.29, 1.82) is 0 Å². The van der Waals surface area contributed by atoms with E-state index >= 15 is 0 Å². The molecule has 4 rings (SSSR count). The summed E-state index contributed by atoms with van der Waals surface area (Å²) in [7, 11) is 0. The number of primary amides is 1. The van der Waals surface area contributed by atoms with Gasteiger partial charge in [0.05, 0.1) is 5.92 Å². The van der Waals surface area contributed by atoms with Gasteiger partial charge < -0.3 is 10.5 Å². The van der Waals surface area contributed by atoms with Crippen LogP contribution in [0.15, 0.2) is 36.4 Å². The normalized spacial score (nSPS) is 20.3. The first-order chi connectivity index (χ1) is 14.5. The van der Waals surface area contributed by atoms with Crippen molar-refractivity contribution in [2.75, 3.05) is 26.2 Å². The number of ether oxygens (including phenoxy) is 1. The molecule has 1 saturated heterocycles. The molecule has 0 unspecified atom stereocenters. The van der Waals surface area contributed by atoms with Gasteiger partial charge in [0.2, 0.25) is 5.91 Å². The Labute approximate surface area is 179 Å².